The first-order chi connectivity index (χ1) is 15.7. The lowest BCUT2D eigenvalue weighted by Crippen LogP contribution is -2.41. The molecule has 4 rings (SSSR count). The number of sulfonamides is 2. The van der Waals surface area contributed by atoms with Gasteiger partial charge in [0.1, 0.15) is 9.96 Å². The number of thiophene rings is 1. The Morgan fingerprint density at radius 1 is 1.00 bits per heavy atom. The number of anilines is 1. The standard InChI is InChI=1S/C21H27N3O6S3/c1-30-19-7-6-17(32(26,27)23-10-2-3-11-23)15-18(19)22-21(25)16-8-12-24(13-9-16)33(28,29)20-5-4-14-31-20/h4-7,14-16H,2-3,8-13H2,1H3,(H,22,25). The SMILES string of the molecule is COc1ccc(S(=O)(=O)N2CCCC2)cc1NC(=O)C1CCN(S(=O)(=O)c2cccs2)CC1. The van der Waals surface area contributed by atoms with Crippen LogP contribution < -0.4 is 10.1 Å². The molecule has 9 nitrogen and oxygen atoms in total. The number of nitrogens with one attached hydrogen (secondary N) is 1. The summed E-state index contributed by atoms with van der Waals surface area (Å²) >= 11 is 1.17. The molecule has 3 heterocycles. The number of rotatable bonds is 7. The van der Waals surface area contributed by atoms with Gasteiger partial charge in [-0.3, -0.25) is 4.79 Å². The minimum absolute atomic E-state index is 0.109. The molecule has 1 aromatic heterocycles. The minimum Gasteiger partial charge on any atom is -0.495 e. The van der Waals surface area contributed by atoms with Crippen LogP contribution in [0.15, 0.2) is 44.8 Å². The van der Waals surface area contributed by atoms with Crippen molar-refractivity contribution < 1.29 is 26.4 Å². The summed E-state index contributed by atoms with van der Waals surface area (Å²) in [5, 5.41) is 4.52. The van der Waals surface area contributed by atoms with Gasteiger partial charge in [-0.15, -0.1) is 11.3 Å². The molecule has 2 saturated heterocycles. The van der Waals surface area contributed by atoms with Crippen LogP contribution in [0.3, 0.4) is 0 Å². The first-order valence-electron chi connectivity index (χ1n) is 10.8. The summed E-state index contributed by atoms with van der Waals surface area (Å²) in [5.74, 6) is -0.304. The molecule has 1 N–H and O–H groups in total. The van der Waals surface area contributed by atoms with Gasteiger partial charge in [-0.05, 0) is 55.3 Å². The number of carbonyl (C=O) groups excluding carboxylic acids is 1. The van der Waals surface area contributed by atoms with Crippen molar-refractivity contribution in [2.75, 3.05) is 38.6 Å². The maximum Gasteiger partial charge on any atom is 0.252 e. The lowest BCUT2D eigenvalue weighted by Gasteiger charge is -2.30. The highest BCUT2D eigenvalue weighted by molar-refractivity contribution is 7.91. The monoisotopic (exact) mass is 513 g/mol. The van der Waals surface area contributed by atoms with Crippen LogP contribution in [-0.4, -0.2) is 64.6 Å². The summed E-state index contributed by atoms with van der Waals surface area (Å²) in [7, 11) is -5.72. The maximum absolute atomic E-state index is 12.9. The molecule has 180 valence electrons. The van der Waals surface area contributed by atoms with Gasteiger partial charge in [-0.1, -0.05) is 6.07 Å². The van der Waals surface area contributed by atoms with Crippen molar-refractivity contribution in [2.24, 2.45) is 5.92 Å². The lowest BCUT2D eigenvalue weighted by molar-refractivity contribution is -0.120. The highest BCUT2D eigenvalue weighted by Gasteiger charge is 2.33. The molecular formula is C21H27N3O6S3. The van der Waals surface area contributed by atoms with Gasteiger partial charge in [0.2, 0.25) is 15.9 Å². The molecule has 1 aromatic carbocycles. The van der Waals surface area contributed by atoms with Crippen molar-refractivity contribution in [3.63, 3.8) is 0 Å². The number of hydrogen-bond donors (Lipinski definition) is 1. The van der Waals surface area contributed by atoms with Gasteiger partial charge in [0.05, 0.1) is 17.7 Å². The average molecular weight is 514 g/mol. The Morgan fingerprint density at radius 3 is 2.27 bits per heavy atom. The van der Waals surface area contributed by atoms with Crippen LogP contribution in [0.5, 0.6) is 5.75 Å². The second-order valence-corrected chi connectivity index (χ2v) is 13.1. The van der Waals surface area contributed by atoms with E-state index in [2.05, 4.69) is 5.32 Å². The Kier molecular flexibility index (Phi) is 7.10. The molecule has 2 aliphatic rings. The molecule has 0 atom stereocenters. The van der Waals surface area contributed by atoms with Crippen LogP contribution in [-0.2, 0) is 24.8 Å². The summed E-state index contributed by atoms with van der Waals surface area (Å²) in [4.78, 5) is 13.1. The number of nitrogens with zero attached hydrogens (tertiary/aromatic N) is 2. The fraction of sp³-hybridized carbons (Fsp3) is 0.476. The normalized spacial score (nSPS) is 18.9. The maximum atomic E-state index is 12.9. The van der Waals surface area contributed by atoms with Crippen molar-refractivity contribution in [1.29, 1.82) is 0 Å². The van der Waals surface area contributed by atoms with Crippen molar-refractivity contribution in [1.82, 2.24) is 8.61 Å². The second kappa shape index (κ2) is 9.71. The van der Waals surface area contributed by atoms with Crippen molar-refractivity contribution in [3.05, 3.63) is 35.7 Å². The van der Waals surface area contributed by atoms with E-state index in [-0.39, 0.29) is 35.5 Å². The van der Waals surface area contributed by atoms with Crippen molar-refractivity contribution in [3.8, 4) is 5.75 Å². The third-order valence-corrected chi connectivity index (χ3v) is 11.2. The van der Waals surface area contributed by atoms with E-state index >= 15 is 0 Å². The van der Waals surface area contributed by atoms with E-state index in [0.29, 0.717) is 35.9 Å². The first kappa shape index (κ1) is 24.1. The second-order valence-electron chi connectivity index (χ2n) is 8.07. The zero-order valence-electron chi connectivity index (χ0n) is 18.3. The van der Waals surface area contributed by atoms with Crippen LogP contribution in [0.4, 0.5) is 5.69 Å². The van der Waals surface area contributed by atoms with Gasteiger partial charge in [0, 0.05) is 32.1 Å². The molecule has 0 bridgehead atoms. The molecular weight excluding hydrogens is 486 g/mol. The zero-order valence-corrected chi connectivity index (χ0v) is 20.7. The van der Waals surface area contributed by atoms with Crippen LogP contribution in [0.1, 0.15) is 25.7 Å². The van der Waals surface area contributed by atoms with E-state index in [0.717, 1.165) is 12.8 Å². The number of methoxy groups -OCH3 is 1. The van der Waals surface area contributed by atoms with Crippen LogP contribution in [0.25, 0.3) is 0 Å². The predicted molar refractivity (Wildman–Crippen MR) is 125 cm³/mol. The van der Waals surface area contributed by atoms with Crippen LogP contribution in [0, 0.1) is 5.92 Å². The van der Waals surface area contributed by atoms with E-state index in [1.165, 1.54) is 45.3 Å². The molecule has 2 aliphatic heterocycles. The fourth-order valence-electron chi connectivity index (χ4n) is 4.15. The quantitative estimate of drug-likeness (QED) is 0.609. The number of hydrogen-bond acceptors (Lipinski definition) is 7. The fourth-order valence-corrected chi connectivity index (χ4v) is 8.31. The van der Waals surface area contributed by atoms with Gasteiger partial charge in [0.25, 0.3) is 10.0 Å². The Balaban J connectivity index is 1.45. The Hall–Kier alpha value is -1.99. The molecule has 0 unspecified atom stereocenters. The number of piperidine rings is 1. The number of ether oxygens (including phenoxy) is 1. The molecule has 33 heavy (non-hydrogen) atoms. The lowest BCUT2D eigenvalue weighted by atomic mass is 9.97. The van der Waals surface area contributed by atoms with Crippen molar-refractivity contribution >= 4 is 43.0 Å². The third-order valence-electron chi connectivity index (χ3n) is 6.05. The van der Waals surface area contributed by atoms with Gasteiger partial charge in [-0.2, -0.15) is 8.61 Å². The van der Waals surface area contributed by atoms with Gasteiger partial charge in [-0.25, -0.2) is 16.8 Å². The van der Waals surface area contributed by atoms with E-state index in [1.54, 1.807) is 17.5 Å². The molecule has 0 radical (unpaired) electrons. The summed E-state index contributed by atoms with van der Waals surface area (Å²) in [6, 6.07) is 7.73. The summed E-state index contributed by atoms with van der Waals surface area (Å²) < 4.78 is 59.7. The highest BCUT2D eigenvalue weighted by atomic mass is 32.2. The van der Waals surface area contributed by atoms with Gasteiger partial charge < -0.3 is 10.1 Å². The summed E-state index contributed by atoms with van der Waals surface area (Å²) in [6.07, 6.45) is 2.43. The van der Waals surface area contributed by atoms with Crippen LogP contribution >= 0.6 is 11.3 Å². The Bertz CT molecular complexity index is 1200. The molecule has 0 aliphatic carbocycles. The topological polar surface area (TPSA) is 113 Å². The van der Waals surface area contributed by atoms with Gasteiger partial charge in [0.15, 0.2) is 0 Å². The number of carbonyl (C=O) groups is 1. The first-order valence-corrected chi connectivity index (χ1v) is 14.5. The minimum atomic E-state index is -3.64. The predicted octanol–water partition coefficient (Wildman–Crippen LogP) is 2.58. The van der Waals surface area contributed by atoms with Gasteiger partial charge >= 0.3 is 0 Å². The van der Waals surface area contributed by atoms with E-state index in [4.69, 9.17) is 4.74 Å². The Morgan fingerprint density at radius 2 is 1.67 bits per heavy atom. The molecule has 2 aromatic rings. The Labute approximate surface area is 198 Å². The smallest absolute Gasteiger partial charge is 0.252 e. The number of benzene rings is 1. The molecule has 2 fully saturated rings. The molecule has 12 heteroatoms. The molecule has 0 spiro atoms. The largest absolute Gasteiger partial charge is 0.495 e. The van der Waals surface area contributed by atoms with E-state index in [9.17, 15) is 21.6 Å². The van der Waals surface area contributed by atoms with E-state index < -0.39 is 20.0 Å². The zero-order chi connectivity index (χ0) is 23.6. The third kappa shape index (κ3) is 4.94. The summed E-state index contributed by atoms with van der Waals surface area (Å²) in [6.45, 7) is 1.48. The molecule has 0 saturated carbocycles. The van der Waals surface area contributed by atoms with E-state index in [1.807, 2.05) is 0 Å². The summed E-state index contributed by atoms with van der Waals surface area (Å²) in [5.41, 5.74) is 0.288. The molecule has 1 amide bonds. The number of amides is 1. The van der Waals surface area contributed by atoms with Crippen LogP contribution in [0.2, 0.25) is 0 Å². The highest BCUT2D eigenvalue weighted by Crippen LogP contribution is 2.32. The van der Waals surface area contributed by atoms with Crippen molar-refractivity contribution in [2.45, 2.75) is 34.8 Å². The average Bonchev–Trinajstić information content (AvgIpc) is 3.54.